The van der Waals surface area contributed by atoms with E-state index in [9.17, 15) is 0 Å². The van der Waals surface area contributed by atoms with E-state index < -0.39 is 0 Å². The molecule has 19 heavy (non-hydrogen) atoms. The first-order chi connectivity index (χ1) is 9.01. The van der Waals surface area contributed by atoms with Crippen molar-refractivity contribution in [3.63, 3.8) is 0 Å². The number of hydrogen-bond donors (Lipinski definition) is 1. The third-order valence-electron chi connectivity index (χ3n) is 4.08. The first kappa shape index (κ1) is 14.9. The Hall–Kier alpha value is -0.540. The summed E-state index contributed by atoms with van der Waals surface area (Å²) in [4.78, 5) is 2.58. The summed E-state index contributed by atoms with van der Waals surface area (Å²) in [6.07, 6.45) is 1.18. The average Bonchev–Trinajstić information content (AvgIpc) is 2.36. The van der Waals surface area contributed by atoms with Crippen molar-refractivity contribution in [1.82, 2.24) is 5.32 Å². The minimum Gasteiger partial charge on any atom is -0.366 e. The molecule has 1 heterocycles. The van der Waals surface area contributed by atoms with Crippen LogP contribution in [0.3, 0.4) is 0 Å². The van der Waals surface area contributed by atoms with Crippen LogP contribution in [0.4, 0.5) is 5.69 Å². The molecule has 1 saturated heterocycles. The number of nitrogens with one attached hydrogen (secondary N) is 1. The minimum atomic E-state index is 0.585. The van der Waals surface area contributed by atoms with Crippen LogP contribution in [0.25, 0.3) is 0 Å². The van der Waals surface area contributed by atoms with Crippen LogP contribution < -0.4 is 10.2 Å². The summed E-state index contributed by atoms with van der Waals surface area (Å²) in [5.41, 5.74) is 2.67. The quantitative estimate of drug-likeness (QED) is 0.905. The van der Waals surface area contributed by atoms with Crippen LogP contribution in [0.1, 0.15) is 32.8 Å². The summed E-state index contributed by atoms with van der Waals surface area (Å²) >= 11 is 3.62. The third kappa shape index (κ3) is 3.51. The molecule has 2 unspecified atom stereocenters. The van der Waals surface area contributed by atoms with Gasteiger partial charge in [0.1, 0.15) is 0 Å². The van der Waals surface area contributed by atoms with Crippen molar-refractivity contribution in [2.45, 2.75) is 46.2 Å². The van der Waals surface area contributed by atoms with Gasteiger partial charge in [-0.15, -0.1) is 0 Å². The van der Waals surface area contributed by atoms with Gasteiger partial charge in [-0.05, 0) is 43.0 Å². The van der Waals surface area contributed by atoms with Crippen molar-refractivity contribution < 1.29 is 0 Å². The van der Waals surface area contributed by atoms with Gasteiger partial charge in [0.25, 0.3) is 0 Å². The summed E-state index contributed by atoms with van der Waals surface area (Å²) < 4.78 is 1.18. The molecule has 0 saturated carbocycles. The van der Waals surface area contributed by atoms with Gasteiger partial charge >= 0.3 is 0 Å². The second kappa shape index (κ2) is 6.27. The number of piperazine rings is 1. The van der Waals surface area contributed by atoms with E-state index in [0.717, 1.165) is 13.1 Å². The summed E-state index contributed by atoms with van der Waals surface area (Å²) in [6.45, 7) is 11.2. The summed E-state index contributed by atoms with van der Waals surface area (Å²) in [7, 11) is 0. The zero-order valence-corrected chi connectivity index (χ0v) is 14.0. The molecule has 0 aromatic heterocycles. The molecule has 1 aliphatic rings. The van der Waals surface area contributed by atoms with Crippen LogP contribution in [0, 0.1) is 12.8 Å². The highest BCUT2D eigenvalue weighted by Gasteiger charge is 2.28. The fraction of sp³-hybridized carbons (Fsp3) is 0.625. The number of aryl methyl sites for hydroxylation is 1. The lowest BCUT2D eigenvalue weighted by molar-refractivity contribution is 0.325. The van der Waals surface area contributed by atoms with Gasteiger partial charge in [-0.1, -0.05) is 36.7 Å². The van der Waals surface area contributed by atoms with E-state index >= 15 is 0 Å². The van der Waals surface area contributed by atoms with Gasteiger partial charge in [0, 0.05) is 35.3 Å². The fourth-order valence-electron chi connectivity index (χ4n) is 2.83. The molecule has 0 aliphatic carbocycles. The smallest absolute Gasteiger partial charge is 0.0412 e. The summed E-state index contributed by atoms with van der Waals surface area (Å²) in [5.74, 6) is 0.675. The number of hydrogen-bond acceptors (Lipinski definition) is 2. The maximum Gasteiger partial charge on any atom is 0.0412 e. The molecule has 1 aliphatic heterocycles. The second-order valence-electron chi connectivity index (χ2n) is 5.96. The predicted octanol–water partition coefficient (Wildman–Crippen LogP) is 3.97. The normalized spacial score (nSPS) is 24.0. The maximum atomic E-state index is 3.70. The Labute approximate surface area is 125 Å². The van der Waals surface area contributed by atoms with E-state index in [1.807, 2.05) is 0 Å². The second-order valence-corrected chi connectivity index (χ2v) is 6.88. The monoisotopic (exact) mass is 324 g/mol. The summed E-state index contributed by atoms with van der Waals surface area (Å²) in [6, 6.07) is 7.91. The molecule has 0 radical (unpaired) electrons. The molecule has 0 amide bonds. The number of anilines is 1. The Morgan fingerprint density at radius 3 is 2.68 bits per heavy atom. The lowest BCUT2D eigenvalue weighted by atomic mass is 9.97. The number of nitrogens with zero attached hydrogens (tertiary/aromatic N) is 1. The Morgan fingerprint density at radius 1 is 1.37 bits per heavy atom. The zero-order valence-electron chi connectivity index (χ0n) is 12.4. The predicted molar refractivity (Wildman–Crippen MR) is 86.9 cm³/mol. The lowest BCUT2D eigenvalue weighted by Gasteiger charge is -2.43. The SMILES string of the molecule is CCC1CNC(C(C)C)CN1c1cc(C)cc(Br)c1. The van der Waals surface area contributed by atoms with Crippen molar-refractivity contribution in [2.24, 2.45) is 5.92 Å². The topological polar surface area (TPSA) is 15.3 Å². The van der Waals surface area contributed by atoms with Gasteiger partial charge in [0.05, 0.1) is 0 Å². The van der Waals surface area contributed by atoms with Crippen LogP contribution in [-0.4, -0.2) is 25.2 Å². The van der Waals surface area contributed by atoms with Crippen LogP contribution in [-0.2, 0) is 0 Å². The Kier molecular flexibility index (Phi) is 4.91. The molecule has 1 N–H and O–H groups in total. The molecule has 2 nitrogen and oxygen atoms in total. The molecular weight excluding hydrogens is 300 g/mol. The molecule has 1 aromatic carbocycles. The highest BCUT2D eigenvalue weighted by Crippen LogP contribution is 2.27. The van der Waals surface area contributed by atoms with Crippen LogP contribution in [0.15, 0.2) is 22.7 Å². The van der Waals surface area contributed by atoms with Gasteiger partial charge in [-0.25, -0.2) is 0 Å². The van der Waals surface area contributed by atoms with E-state index in [4.69, 9.17) is 0 Å². The van der Waals surface area contributed by atoms with E-state index in [1.54, 1.807) is 0 Å². The third-order valence-corrected chi connectivity index (χ3v) is 4.54. The first-order valence-corrected chi connectivity index (χ1v) is 8.07. The van der Waals surface area contributed by atoms with Crippen molar-refractivity contribution in [3.05, 3.63) is 28.2 Å². The molecule has 1 aromatic rings. The van der Waals surface area contributed by atoms with Gasteiger partial charge in [-0.3, -0.25) is 0 Å². The van der Waals surface area contributed by atoms with Crippen molar-refractivity contribution in [3.8, 4) is 0 Å². The van der Waals surface area contributed by atoms with Crippen LogP contribution in [0.2, 0.25) is 0 Å². The van der Waals surface area contributed by atoms with Crippen molar-refractivity contribution in [2.75, 3.05) is 18.0 Å². The van der Waals surface area contributed by atoms with E-state index in [-0.39, 0.29) is 0 Å². The van der Waals surface area contributed by atoms with Gasteiger partial charge in [-0.2, -0.15) is 0 Å². The van der Waals surface area contributed by atoms with Crippen molar-refractivity contribution in [1.29, 1.82) is 0 Å². The largest absolute Gasteiger partial charge is 0.366 e. The number of benzene rings is 1. The minimum absolute atomic E-state index is 0.585. The number of halogens is 1. The maximum absolute atomic E-state index is 3.70. The molecule has 0 bridgehead atoms. The highest BCUT2D eigenvalue weighted by atomic mass is 79.9. The molecular formula is C16H25BrN2. The van der Waals surface area contributed by atoms with Crippen LogP contribution in [0.5, 0.6) is 0 Å². The van der Waals surface area contributed by atoms with Gasteiger partial charge in [0.2, 0.25) is 0 Å². The molecule has 3 heteroatoms. The first-order valence-electron chi connectivity index (χ1n) is 7.28. The zero-order chi connectivity index (χ0) is 14.0. The number of rotatable bonds is 3. The van der Waals surface area contributed by atoms with E-state index in [2.05, 4.69) is 72.0 Å². The lowest BCUT2D eigenvalue weighted by Crippen LogP contribution is -2.58. The summed E-state index contributed by atoms with van der Waals surface area (Å²) in [5, 5.41) is 3.70. The fourth-order valence-corrected chi connectivity index (χ4v) is 3.43. The molecule has 1 fully saturated rings. The molecule has 0 spiro atoms. The Bertz CT molecular complexity index is 411. The molecule has 106 valence electrons. The molecule has 2 rings (SSSR count). The van der Waals surface area contributed by atoms with E-state index in [0.29, 0.717) is 18.0 Å². The standard InChI is InChI=1S/C16H25BrN2/c1-5-14-9-18-16(11(2)3)10-19(14)15-7-12(4)6-13(17)8-15/h6-8,11,14,16,18H,5,9-10H2,1-4H3. The average molecular weight is 325 g/mol. The van der Waals surface area contributed by atoms with Gasteiger partial charge in [0.15, 0.2) is 0 Å². The van der Waals surface area contributed by atoms with Gasteiger partial charge < -0.3 is 10.2 Å². The Balaban J connectivity index is 2.26. The van der Waals surface area contributed by atoms with E-state index in [1.165, 1.54) is 22.1 Å². The Morgan fingerprint density at radius 2 is 2.11 bits per heavy atom. The van der Waals surface area contributed by atoms with Crippen LogP contribution >= 0.6 is 15.9 Å². The molecule has 2 atom stereocenters. The van der Waals surface area contributed by atoms with Crippen molar-refractivity contribution >= 4 is 21.6 Å². The highest BCUT2D eigenvalue weighted by molar-refractivity contribution is 9.10.